The number of hydrogen-bond donors (Lipinski definition) is 0. The molecule has 0 aliphatic carbocycles. The summed E-state index contributed by atoms with van der Waals surface area (Å²) in [5, 5.41) is 9.66. The molecule has 2 heterocycles. The first kappa shape index (κ1) is 33.9. The number of imidazole rings is 1. The van der Waals surface area contributed by atoms with E-state index in [1.54, 1.807) is 6.07 Å². The summed E-state index contributed by atoms with van der Waals surface area (Å²) in [5.74, 6) is 0.895. The number of furan rings is 1. The maximum Gasteiger partial charge on any atom is 0.149 e. The van der Waals surface area contributed by atoms with Crippen molar-refractivity contribution in [3.63, 3.8) is 0 Å². The average Bonchev–Trinajstić information content (AvgIpc) is 3.76. The van der Waals surface area contributed by atoms with E-state index in [0.29, 0.717) is 16.9 Å². The van der Waals surface area contributed by atoms with Gasteiger partial charge in [0.25, 0.3) is 0 Å². The van der Waals surface area contributed by atoms with Gasteiger partial charge in [0.05, 0.1) is 38.4 Å². The Labute approximate surface area is 343 Å². The third kappa shape index (κ3) is 6.27. The van der Waals surface area contributed by atoms with E-state index in [0.717, 1.165) is 55.1 Å². The first-order valence-corrected chi connectivity index (χ1v) is 27.4. The quantitative estimate of drug-likeness (QED) is 0.119. The van der Waals surface area contributed by atoms with Crippen LogP contribution in [-0.2, 0) is 0 Å². The van der Waals surface area contributed by atoms with Crippen molar-refractivity contribution in [2.45, 2.75) is 85.7 Å². The second kappa shape index (κ2) is 13.4. The molecule has 57 heavy (non-hydrogen) atoms. The minimum atomic E-state index is -2.37. The van der Waals surface area contributed by atoms with E-state index in [2.05, 4.69) is 169 Å². The number of aryl methyl sites for hydroxylation is 1. The van der Waals surface area contributed by atoms with Crippen LogP contribution >= 0.6 is 0 Å². The molecule has 0 radical (unpaired) electrons. The van der Waals surface area contributed by atoms with Gasteiger partial charge in [0.1, 0.15) is 17.0 Å². The Morgan fingerprint density at radius 3 is 1.89 bits per heavy atom. The molecule has 0 aliphatic rings. The zero-order chi connectivity index (χ0) is 42.6. The molecule has 0 spiro atoms. The van der Waals surface area contributed by atoms with Crippen LogP contribution in [0.1, 0.15) is 60.3 Å². The Balaban J connectivity index is 1.38. The SMILES string of the molecule is [2H]C([2H])([2H])c1cccc2nc(-c3cccc4c3oc3cc5c(ccc6ccccc65)cc34)n(-c3c(C(C)C)cc(-c4cc([Si](C)(C)C)cc([Si](C)(C)C)c4)cc3C(C)C)c12. The van der Waals surface area contributed by atoms with E-state index in [1.807, 2.05) is 12.1 Å². The van der Waals surface area contributed by atoms with Crippen LogP contribution in [0.15, 0.2) is 120 Å². The van der Waals surface area contributed by atoms with Crippen LogP contribution in [0.5, 0.6) is 0 Å². The normalized spacial score (nSPS) is 13.8. The van der Waals surface area contributed by atoms with Gasteiger partial charge in [-0.05, 0) is 104 Å². The topological polar surface area (TPSA) is 31.0 Å². The molecule has 0 amide bonds. The fourth-order valence-electron chi connectivity index (χ4n) is 8.65. The van der Waals surface area contributed by atoms with Crippen molar-refractivity contribution in [3.8, 4) is 28.2 Å². The third-order valence-corrected chi connectivity index (χ3v) is 16.0. The molecule has 7 aromatic carbocycles. The van der Waals surface area contributed by atoms with Gasteiger partial charge in [-0.25, -0.2) is 4.98 Å². The Kier molecular flexibility index (Phi) is 7.98. The predicted octanol–water partition coefficient (Wildman–Crippen LogP) is 14.2. The summed E-state index contributed by atoms with van der Waals surface area (Å²) in [6.45, 7) is 21.2. The first-order chi connectivity index (χ1) is 28.3. The Morgan fingerprint density at radius 1 is 0.596 bits per heavy atom. The van der Waals surface area contributed by atoms with Crippen LogP contribution in [0.3, 0.4) is 0 Å². The molecule has 2 aromatic heterocycles. The summed E-state index contributed by atoms with van der Waals surface area (Å²) in [7, 11) is -3.29. The van der Waals surface area contributed by atoms with Crippen LogP contribution in [0.25, 0.3) is 82.7 Å². The lowest BCUT2D eigenvalue weighted by Gasteiger charge is -2.27. The van der Waals surface area contributed by atoms with Crippen molar-refractivity contribution in [3.05, 3.63) is 132 Å². The molecule has 5 heteroatoms. The number of fused-ring (bicyclic) bond motifs is 7. The van der Waals surface area contributed by atoms with Gasteiger partial charge < -0.3 is 4.42 Å². The molecular formula is C52H54N2OSi2. The zero-order valence-corrected chi connectivity index (χ0v) is 36.9. The van der Waals surface area contributed by atoms with E-state index in [9.17, 15) is 0 Å². The average molecular weight is 782 g/mol. The van der Waals surface area contributed by atoms with Crippen molar-refractivity contribution in [1.29, 1.82) is 0 Å². The second-order valence-electron chi connectivity index (χ2n) is 18.7. The summed E-state index contributed by atoms with van der Waals surface area (Å²) < 4.78 is 35.5. The van der Waals surface area contributed by atoms with Crippen LogP contribution < -0.4 is 10.4 Å². The summed E-state index contributed by atoms with van der Waals surface area (Å²) in [6.07, 6.45) is 0. The highest BCUT2D eigenvalue weighted by Crippen LogP contribution is 2.44. The van der Waals surface area contributed by atoms with E-state index in [1.165, 1.54) is 32.3 Å². The van der Waals surface area contributed by atoms with Gasteiger partial charge in [0.15, 0.2) is 0 Å². The summed E-state index contributed by atoms with van der Waals surface area (Å²) in [6, 6.07) is 41.1. The molecule has 0 fully saturated rings. The Bertz CT molecular complexity index is 3110. The Morgan fingerprint density at radius 2 is 1.23 bits per heavy atom. The van der Waals surface area contributed by atoms with Crippen molar-refractivity contribution in [2.24, 2.45) is 0 Å². The number of para-hydroxylation sites is 2. The molecule has 9 aromatic rings. The standard InChI is InChI=1S/C52H54N2OSi2/c1-31(2)43-27-37(36-24-38(56(6,7)8)29-39(25-36)57(9,10)11)28-44(32(3)4)50(43)54-49-33(5)16-14-21-47(49)53-52(54)42-20-15-19-41-46-26-35-23-22-34-17-12-13-18-40(34)45(35)30-48(46)55-51(41)42/h12-32H,1-11H3/i5D3. The van der Waals surface area contributed by atoms with Gasteiger partial charge in [-0.3, -0.25) is 4.57 Å². The molecule has 0 saturated heterocycles. The van der Waals surface area contributed by atoms with Crippen molar-refractivity contribution in [2.75, 3.05) is 0 Å². The van der Waals surface area contributed by atoms with Gasteiger partial charge in [-0.15, -0.1) is 0 Å². The fraction of sp³-hybridized carbons (Fsp3) is 0.250. The minimum absolute atomic E-state index is 0.114. The van der Waals surface area contributed by atoms with Crippen LogP contribution in [-0.4, -0.2) is 25.7 Å². The van der Waals surface area contributed by atoms with E-state index >= 15 is 0 Å². The second-order valence-corrected chi connectivity index (χ2v) is 28.9. The van der Waals surface area contributed by atoms with E-state index < -0.39 is 23.0 Å². The molecule has 0 N–H and O–H groups in total. The highest BCUT2D eigenvalue weighted by Gasteiger charge is 2.28. The molecule has 0 bridgehead atoms. The summed E-state index contributed by atoms with van der Waals surface area (Å²) in [4.78, 5) is 5.37. The maximum atomic E-state index is 8.80. The molecular weight excluding hydrogens is 725 g/mol. The number of benzene rings is 7. The zero-order valence-electron chi connectivity index (χ0n) is 37.9. The van der Waals surface area contributed by atoms with Crippen molar-refractivity contribution in [1.82, 2.24) is 9.55 Å². The van der Waals surface area contributed by atoms with Gasteiger partial charge in [-0.2, -0.15) is 0 Å². The predicted molar refractivity (Wildman–Crippen MR) is 253 cm³/mol. The van der Waals surface area contributed by atoms with E-state index in [-0.39, 0.29) is 17.4 Å². The van der Waals surface area contributed by atoms with Gasteiger partial charge >= 0.3 is 0 Å². The van der Waals surface area contributed by atoms with Crippen LogP contribution in [0.2, 0.25) is 39.3 Å². The van der Waals surface area contributed by atoms with Crippen LogP contribution in [0, 0.1) is 6.85 Å². The molecule has 0 atom stereocenters. The number of nitrogens with zero attached hydrogens (tertiary/aromatic N) is 2. The smallest absolute Gasteiger partial charge is 0.149 e. The third-order valence-electron chi connectivity index (χ3n) is 11.9. The lowest BCUT2D eigenvalue weighted by atomic mass is 9.88. The molecule has 9 rings (SSSR count). The minimum Gasteiger partial charge on any atom is -0.455 e. The highest BCUT2D eigenvalue weighted by molar-refractivity contribution is 6.91. The van der Waals surface area contributed by atoms with Gasteiger partial charge in [-0.1, -0.05) is 156 Å². The lowest BCUT2D eigenvalue weighted by molar-refractivity contribution is 0.670. The number of rotatable bonds is 7. The van der Waals surface area contributed by atoms with Gasteiger partial charge in [0, 0.05) is 14.9 Å². The maximum absolute atomic E-state index is 8.80. The largest absolute Gasteiger partial charge is 0.455 e. The first-order valence-electron chi connectivity index (χ1n) is 21.9. The number of aromatic nitrogens is 2. The fourth-order valence-corrected chi connectivity index (χ4v) is 11.1. The molecule has 286 valence electrons. The molecule has 3 nitrogen and oxygen atoms in total. The van der Waals surface area contributed by atoms with Crippen molar-refractivity contribution < 1.29 is 8.53 Å². The number of hydrogen-bond acceptors (Lipinski definition) is 2. The van der Waals surface area contributed by atoms with E-state index in [4.69, 9.17) is 13.5 Å². The lowest BCUT2D eigenvalue weighted by Crippen LogP contribution is -2.45. The van der Waals surface area contributed by atoms with Crippen molar-refractivity contribution >= 4 is 81.0 Å². The molecule has 0 unspecified atom stereocenters. The highest BCUT2D eigenvalue weighted by atomic mass is 28.3. The summed E-state index contributed by atoms with van der Waals surface area (Å²) >= 11 is 0. The Hall–Kier alpha value is -5.24. The monoisotopic (exact) mass is 781 g/mol. The van der Waals surface area contributed by atoms with Gasteiger partial charge in [0.2, 0.25) is 0 Å². The molecule has 0 aliphatic heterocycles. The molecule has 0 saturated carbocycles. The van der Waals surface area contributed by atoms with Crippen LogP contribution in [0.4, 0.5) is 0 Å². The summed E-state index contributed by atoms with van der Waals surface area (Å²) in [5.41, 5.74) is 9.65.